The molecule has 5 heteroatoms. The Labute approximate surface area is 136 Å². The summed E-state index contributed by atoms with van der Waals surface area (Å²) in [7, 11) is 0. The van der Waals surface area contributed by atoms with Crippen LogP contribution in [-0.2, 0) is 14.3 Å². The van der Waals surface area contributed by atoms with Gasteiger partial charge in [-0.05, 0) is 37.1 Å². The van der Waals surface area contributed by atoms with Crippen LogP contribution in [0.4, 0.5) is 5.69 Å². The second-order valence-electron chi connectivity index (χ2n) is 5.84. The van der Waals surface area contributed by atoms with Crippen molar-refractivity contribution in [2.75, 3.05) is 11.9 Å². The van der Waals surface area contributed by atoms with Crippen molar-refractivity contribution in [2.45, 2.75) is 45.4 Å². The second kappa shape index (κ2) is 8.46. The summed E-state index contributed by atoms with van der Waals surface area (Å²) in [5, 5.41) is 2.72. The fourth-order valence-electron chi connectivity index (χ4n) is 2.66. The van der Waals surface area contributed by atoms with Gasteiger partial charge < -0.3 is 10.1 Å². The molecule has 23 heavy (non-hydrogen) atoms. The topological polar surface area (TPSA) is 72.5 Å². The Hall–Kier alpha value is -2.17. The fraction of sp³-hybridized carbons (Fsp3) is 0.500. The molecule has 0 radical (unpaired) electrons. The number of anilines is 1. The molecule has 0 heterocycles. The van der Waals surface area contributed by atoms with E-state index in [9.17, 15) is 14.4 Å². The summed E-state index contributed by atoms with van der Waals surface area (Å²) in [5.74, 6) is -0.624. The highest BCUT2D eigenvalue weighted by molar-refractivity contribution is 5.98. The molecular formula is C18H23NO4. The number of ether oxygens (including phenoxy) is 1. The third kappa shape index (κ3) is 5.20. The first-order chi connectivity index (χ1) is 11.1. The minimum atomic E-state index is -0.259. The average molecular weight is 317 g/mol. The van der Waals surface area contributed by atoms with Crippen molar-refractivity contribution in [3.63, 3.8) is 0 Å². The number of esters is 1. The van der Waals surface area contributed by atoms with E-state index in [1.165, 1.54) is 6.42 Å². The van der Waals surface area contributed by atoms with Crippen molar-refractivity contribution in [1.82, 2.24) is 0 Å². The van der Waals surface area contributed by atoms with E-state index >= 15 is 0 Å². The van der Waals surface area contributed by atoms with E-state index in [4.69, 9.17) is 4.74 Å². The molecule has 0 aromatic heterocycles. The van der Waals surface area contributed by atoms with Gasteiger partial charge in [-0.25, -0.2) is 0 Å². The van der Waals surface area contributed by atoms with Gasteiger partial charge in [0.25, 0.3) is 0 Å². The number of carbonyl (C=O) groups excluding carboxylic acids is 3. The number of rotatable bonds is 6. The molecule has 0 unspecified atom stereocenters. The first-order valence-electron chi connectivity index (χ1n) is 8.20. The van der Waals surface area contributed by atoms with Crippen LogP contribution in [0.25, 0.3) is 0 Å². The molecule has 0 spiro atoms. The smallest absolute Gasteiger partial charge is 0.309 e. The van der Waals surface area contributed by atoms with Crippen LogP contribution in [0.3, 0.4) is 0 Å². The molecule has 1 fully saturated rings. The van der Waals surface area contributed by atoms with Crippen molar-refractivity contribution in [3.8, 4) is 0 Å². The molecule has 2 rings (SSSR count). The van der Waals surface area contributed by atoms with Crippen LogP contribution in [0.15, 0.2) is 24.3 Å². The van der Waals surface area contributed by atoms with E-state index in [1.54, 1.807) is 31.2 Å². The van der Waals surface area contributed by atoms with Crippen molar-refractivity contribution in [2.24, 2.45) is 5.92 Å². The molecule has 1 aromatic carbocycles. The van der Waals surface area contributed by atoms with Gasteiger partial charge in [0.05, 0.1) is 5.92 Å². The van der Waals surface area contributed by atoms with E-state index < -0.39 is 0 Å². The van der Waals surface area contributed by atoms with Gasteiger partial charge in [-0.15, -0.1) is 0 Å². The van der Waals surface area contributed by atoms with Crippen molar-refractivity contribution < 1.29 is 19.1 Å². The lowest BCUT2D eigenvalue weighted by atomic mass is 9.89. The number of nitrogens with one attached hydrogen (secondary N) is 1. The van der Waals surface area contributed by atoms with E-state index in [1.807, 2.05) is 0 Å². The average Bonchev–Trinajstić information content (AvgIpc) is 2.60. The lowest BCUT2D eigenvalue weighted by Gasteiger charge is -2.19. The number of ketones is 1. The summed E-state index contributed by atoms with van der Waals surface area (Å²) in [5.41, 5.74) is 1.11. The molecule has 1 amide bonds. The molecule has 1 N–H and O–H groups in total. The normalized spacial score (nSPS) is 15.0. The standard InChI is InChI=1S/C18H23NO4/c1-2-17(21)19-15-10-8-13(9-11-15)16(20)12-23-18(22)14-6-4-3-5-7-14/h8-11,14H,2-7,12H2,1H3,(H,19,21). The molecule has 5 nitrogen and oxygen atoms in total. The highest BCUT2D eigenvalue weighted by Gasteiger charge is 2.23. The summed E-state index contributed by atoms with van der Waals surface area (Å²) in [4.78, 5) is 35.3. The molecule has 0 aliphatic heterocycles. The Bertz CT molecular complexity index is 559. The summed E-state index contributed by atoms with van der Waals surface area (Å²) < 4.78 is 5.15. The van der Waals surface area contributed by atoms with E-state index in [-0.39, 0.29) is 30.2 Å². The van der Waals surface area contributed by atoms with Crippen LogP contribution in [0.1, 0.15) is 55.8 Å². The number of benzene rings is 1. The van der Waals surface area contributed by atoms with Crippen LogP contribution >= 0.6 is 0 Å². The maximum Gasteiger partial charge on any atom is 0.309 e. The van der Waals surface area contributed by atoms with Crippen molar-refractivity contribution >= 4 is 23.3 Å². The van der Waals surface area contributed by atoms with Gasteiger partial charge in [-0.3, -0.25) is 14.4 Å². The number of carbonyl (C=O) groups is 3. The summed E-state index contributed by atoms with van der Waals surface area (Å²) >= 11 is 0. The lowest BCUT2D eigenvalue weighted by molar-refractivity contribution is -0.148. The van der Waals surface area contributed by atoms with Crippen LogP contribution in [-0.4, -0.2) is 24.3 Å². The molecule has 1 aliphatic carbocycles. The zero-order valence-electron chi connectivity index (χ0n) is 13.5. The van der Waals surface area contributed by atoms with E-state index in [0.717, 1.165) is 25.7 Å². The second-order valence-corrected chi connectivity index (χ2v) is 5.84. The molecule has 0 atom stereocenters. The molecule has 1 aromatic rings. The fourth-order valence-corrected chi connectivity index (χ4v) is 2.66. The lowest BCUT2D eigenvalue weighted by Crippen LogP contribution is -2.23. The number of amides is 1. The van der Waals surface area contributed by atoms with Gasteiger partial charge in [-0.2, -0.15) is 0 Å². The Balaban J connectivity index is 1.83. The maximum absolute atomic E-state index is 12.1. The SMILES string of the molecule is CCC(=O)Nc1ccc(C(=O)COC(=O)C2CCCCC2)cc1. The zero-order valence-corrected chi connectivity index (χ0v) is 13.5. The van der Waals surface area contributed by atoms with Crippen LogP contribution in [0.5, 0.6) is 0 Å². The Morgan fingerprint density at radius 2 is 1.74 bits per heavy atom. The Morgan fingerprint density at radius 3 is 2.35 bits per heavy atom. The first kappa shape index (κ1) is 17.2. The largest absolute Gasteiger partial charge is 0.457 e. The van der Waals surface area contributed by atoms with Gasteiger partial charge in [0, 0.05) is 17.7 Å². The van der Waals surface area contributed by atoms with Gasteiger partial charge >= 0.3 is 5.97 Å². The zero-order chi connectivity index (χ0) is 16.7. The molecule has 1 saturated carbocycles. The molecule has 0 bridgehead atoms. The summed E-state index contributed by atoms with van der Waals surface area (Å²) in [6.07, 6.45) is 5.40. The maximum atomic E-state index is 12.1. The van der Waals surface area contributed by atoms with Crippen LogP contribution in [0.2, 0.25) is 0 Å². The minimum absolute atomic E-state index is 0.0526. The monoisotopic (exact) mass is 317 g/mol. The predicted molar refractivity (Wildman–Crippen MR) is 87.2 cm³/mol. The number of hydrogen-bond acceptors (Lipinski definition) is 4. The van der Waals surface area contributed by atoms with Crippen LogP contribution in [0, 0.1) is 5.92 Å². The number of Topliss-reactive ketones (excluding diaryl/α,β-unsaturated/α-hetero) is 1. The van der Waals surface area contributed by atoms with Gasteiger partial charge in [0.1, 0.15) is 0 Å². The van der Waals surface area contributed by atoms with Gasteiger partial charge in [0.2, 0.25) is 5.91 Å². The molecular weight excluding hydrogens is 294 g/mol. The predicted octanol–water partition coefficient (Wildman–Crippen LogP) is 3.34. The van der Waals surface area contributed by atoms with Crippen molar-refractivity contribution in [1.29, 1.82) is 0 Å². The highest BCUT2D eigenvalue weighted by Crippen LogP contribution is 2.24. The Morgan fingerprint density at radius 1 is 1.09 bits per heavy atom. The first-order valence-corrected chi connectivity index (χ1v) is 8.20. The minimum Gasteiger partial charge on any atom is -0.457 e. The third-order valence-electron chi connectivity index (χ3n) is 4.10. The van der Waals surface area contributed by atoms with Gasteiger partial charge in [0.15, 0.2) is 12.4 Å². The third-order valence-corrected chi connectivity index (χ3v) is 4.10. The van der Waals surface area contributed by atoms with Crippen LogP contribution < -0.4 is 5.32 Å². The summed E-state index contributed by atoms with van der Waals surface area (Å²) in [6, 6.07) is 6.59. The summed E-state index contributed by atoms with van der Waals surface area (Å²) in [6.45, 7) is 1.55. The van der Waals surface area contributed by atoms with E-state index in [0.29, 0.717) is 17.7 Å². The highest BCUT2D eigenvalue weighted by atomic mass is 16.5. The molecule has 1 aliphatic rings. The number of hydrogen-bond donors (Lipinski definition) is 1. The Kier molecular flexibility index (Phi) is 6.32. The molecule has 0 saturated heterocycles. The van der Waals surface area contributed by atoms with Gasteiger partial charge in [-0.1, -0.05) is 26.2 Å². The van der Waals surface area contributed by atoms with E-state index in [2.05, 4.69) is 5.32 Å². The molecule has 124 valence electrons. The van der Waals surface area contributed by atoms with Crippen molar-refractivity contribution in [3.05, 3.63) is 29.8 Å². The quantitative estimate of drug-likeness (QED) is 0.645.